The van der Waals surface area contributed by atoms with Crippen LogP contribution in [0, 0.1) is 0 Å². The van der Waals surface area contributed by atoms with Crippen molar-refractivity contribution >= 4 is 27.5 Å². The second-order valence-electron chi connectivity index (χ2n) is 3.89. The van der Waals surface area contributed by atoms with Gasteiger partial charge in [-0.25, -0.2) is 24.0 Å². The quantitative estimate of drug-likeness (QED) is 0.659. The van der Waals surface area contributed by atoms with E-state index in [9.17, 15) is 4.79 Å². The molecule has 0 radical (unpaired) electrons. The lowest BCUT2D eigenvalue weighted by molar-refractivity contribution is 0.0489. The molecule has 0 bridgehead atoms. The standard InChI is InChI=1S/C11H9BrN6O2/c12-8-3-14-10-9(4-15-18(10)5-8)11(19)20-2-1-17-7-13-6-16-17/h3-7H,1-2H2. The van der Waals surface area contributed by atoms with Crippen LogP contribution < -0.4 is 0 Å². The van der Waals surface area contributed by atoms with Crippen LogP contribution in [-0.2, 0) is 11.3 Å². The first-order valence-corrected chi connectivity index (χ1v) is 6.52. The number of esters is 1. The Morgan fingerprint density at radius 2 is 2.25 bits per heavy atom. The highest BCUT2D eigenvalue weighted by atomic mass is 79.9. The molecule has 3 aromatic rings. The number of halogens is 1. The van der Waals surface area contributed by atoms with Gasteiger partial charge in [0.1, 0.15) is 24.8 Å². The zero-order chi connectivity index (χ0) is 13.9. The van der Waals surface area contributed by atoms with E-state index in [0.717, 1.165) is 4.47 Å². The fraction of sp³-hybridized carbons (Fsp3) is 0.182. The molecule has 0 aromatic carbocycles. The summed E-state index contributed by atoms with van der Waals surface area (Å²) in [6, 6.07) is 0. The Morgan fingerprint density at radius 1 is 1.35 bits per heavy atom. The number of hydrogen-bond acceptors (Lipinski definition) is 6. The summed E-state index contributed by atoms with van der Waals surface area (Å²) < 4.78 is 9.04. The average Bonchev–Trinajstić information content (AvgIpc) is 3.07. The van der Waals surface area contributed by atoms with Crippen molar-refractivity contribution in [1.82, 2.24) is 29.4 Å². The second-order valence-corrected chi connectivity index (χ2v) is 4.81. The first-order valence-electron chi connectivity index (χ1n) is 5.72. The van der Waals surface area contributed by atoms with Crippen LogP contribution >= 0.6 is 15.9 Å². The van der Waals surface area contributed by atoms with E-state index in [0.29, 0.717) is 17.8 Å². The molecule has 3 aromatic heterocycles. The van der Waals surface area contributed by atoms with Crippen molar-refractivity contribution in [2.45, 2.75) is 6.54 Å². The van der Waals surface area contributed by atoms with Crippen LogP contribution in [0.5, 0.6) is 0 Å². The van der Waals surface area contributed by atoms with Gasteiger partial charge in [-0.1, -0.05) is 0 Å². The first kappa shape index (κ1) is 12.7. The fourth-order valence-corrected chi connectivity index (χ4v) is 1.95. The van der Waals surface area contributed by atoms with Gasteiger partial charge in [0.15, 0.2) is 5.65 Å². The Labute approximate surface area is 121 Å². The maximum Gasteiger partial charge on any atom is 0.343 e. The van der Waals surface area contributed by atoms with E-state index in [2.05, 4.69) is 36.1 Å². The molecular formula is C11H9BrN6O2. The van der Waals surface area contributed by atoms with Crippen LogP contribution in [0.25, 0.3) is 5.65 Å². The molecule has 3 heterocycles. The minimum Gasteiger partial charge on any atom is -0.460 e. The van der Waals surface area contributed by atoms with Gasteiger partial charge in [-0.05, 0) is 15.9 Å². The lowest BCUT2D eigenvalue weighted by atomic mass is 10.3. The van der Waals surface area contributed by atoms with E-state index in [-0.39, 0.29) is 6.61 Å². The largest absolute Gasteiger partial charge is 0.460 e. The molecule has 0 atom stereocenters. The smallest absolute Gasteiger partial charge is 0.343 e. The van der Waals surface area contributed by atoms with Crippen molar-refractivity contribution in [3.63, 3.8) is 0 Å². The van der Waals surface area contributed by atoms with Gasteiger partial charge in [0.25, 0.3) is 0 Å². The Hall–Kier alpha value is -2.29. The molecular weight excluding hydrogens is 328 g/mol. The highest BCUT2D eigenvalue weighted by molar-refractivity contribution is 9.10. The van der Waals surface area contributed by atoms with E-state index in [1.165, 1.54) is 17.0 Å². The summed E-state index contributed by atoms with van der Waals surface area (Å²) in [6.07, 6.45) is 7.74. The zero-order valence-corrected chi connectivity index (χ0v) is 11.8. The minimum atomic E-state index is -0.463. The Balaban J connectivity index is 1.69. The van der Waals surface area contributed by atoms with Crippen molar-refractivity contribution in [1.29, 1.82) is 0 Å². The lowest BCUT2D eigenvalue weighted by Crippen LogP contribution is -2.12. The molecule has 0 fully saturated rings. The van der Waals surface area contributed by atoms with Gasteiger partial charge in [-0.15, -0.1) is 0 Å². The van der Waals surface area contributed by atoms with E-state index in [1.54, 1.807) is 23.4 Å². The van der Waals surface area contributed by atoms with Gasteiger partial charge in [-0.2, -0.15) is 10.2 Å². The molecule has 0 saturated carbocycles. The number of nitrogens with zero attached hydrogens (tertiary/aromatic N) is 6. The van der Waals surface area contributed by atoms with Gasteiger partial charge in [0.05, 0.1) is 17.2 Å². The number of ether oxygens (including phenoxy) is 1. The molecule has 20 heavy (non-hydrogen) atoms. The van der Waals surface area contributed by atoms with Gasteiger partial charge in [0.2, 0.25) is 0 Å². The predicted octanol–water partition coefficient (Wildman–Crippen LogP) is 0.940. The predicted molar refractivity (Wildman–Crippen MR) is 71.0 cm³/mol. The molecule has 0 aliphatic rings. The lowest BCUT2D eigenvalue weighted by Gasteiger charge is -2.03. The number of hydrogen-bond donors (Lipinski definition) is 0. The monoisotopic (exact) mass is 336 g/mol. The topological polar surface area (TPSA) is 87.2 Å². The van der Waals surface area contributed by atoms with E-state index in [1.807, 2.05) is 0 Å². The molecule has 3 rings (SSSR count). The third kappa shape index (κ3) is 2.52. The number of carbonyl (C=O) groups is 1. The fourth-order valence-electron chi connectivity index (χ4n) is 1.65. The number of fused-ring (bicyclic) bond motifs is 1. The highest BCUT2D eigenvalue weighted by Gasteiger charge is 2.15. The van der Waals surface area contributed by atoms with Crippen LogP contribution in [0.1, 0.15) is 10.4 Å². The molecule has 102 valence electrons. The molecule has 0 aliphatic heterocycles. The molecule has 0 spiro atoms. The average molecular weight is 337 g/mol. The van der Waals surface area contributed by atoms with Gasteiger partial charge < -0.3 is 4.74 Å². The van der Waals surface area contributed by atoms with Crippen LogP contribution in [0.15, 0.2) is 35.7 Å². The summed E-state index contributed by atoms with van der Waals surface area (Å²) in [4.78, 5) is 19.9. The van der Waals surface area contributed by atoms with Crippen LogP contribution in [0.3, 0.4) is 0 Å². The molecule has 0 aliphatic carbocycles. The molecule has 0 N–H and O–H groups in total. The maximum absolute atomic E-state index is 12.0. The summed E-state index contributed by atoms with van der Waals surface area (Å²) >= 11 is 3.29. The molecule has 9 heteroatoms. The summed E-state index contributed by atoms with van der Waals surface area (Å²) in [5.41, 5.74) is 0.787. The van der Waals surface area contributed by atoms with Gasteiger partial charge >= 0.3 is 5.97 Å². The summed E-state index contributed by atoms with van der Waals surface area (Å²) in [5, 5.41) is 7.97. The van der Waals surface area contributed by atoms with Gasteiger partial charge in [-0.3, -0.25) is 0 Å². The highest BCUT2D eigenvalue weighted by Crippen LogP contribution is 2.13. The molecule has 0 saturated heterocycles. The van der Waals surface area contributed by atoms with Crippen LogP contribution in [0.4, 0.5) is 0 Å². The van der Waals surface area contributed by atoms with Crippen molar-refractivity contribution in [2.75, 3.05) is 6.61 Å². The summed E-state index contributed by atoms with van der Waals surface area (Å²) in [5.74, 6) is -0.463. The molecule has 8 nitrogen and oxygen atoms in total. The van der Waals surface area contributed by atoms with Crippen molar-refractivity contribution in [2.24, 2.45) is 0 Å². The number of carbonyl (C=O) groups excluding carboxylic acids is 1. The number of rotatable bonds is 4. The Kier molecular flexibility index (Phi) is 3.42. The zero-order valence-electron chi connectivity index (χ0n) is 10.2. The first-order chi connectivity index (χ1) is 9.74. The third-order valence-corrected chi connectivity index (χ3v) is 2.97. The van der Waals surface area contributed by atoms with E-state index >= 15 is 0 Å². The van der Waals surface area contributed by atoms with Gasteiger partial charge in [0, 0.05) is 12.4 Å². The third-order valence-electron chi connectivity index (χ3n) is 2.56. The Bertz CT molecular complexity index is 739. The van der Waals surface area contributed by atoms with Crippen LogP contribution in [0.2, 0.25) is 0 Å². The van der Waals surface area contributed by atoms with E-state index in [4.69, 9.17) is 4.74 Å². The normalized spacial score (nSPS) is 10.8. The minimum absolute atomic E-state index is 0.204. The number of aromatic nitrogens is 6. The van der Waals surface area contributed by atoms with Crippen molar-refractivity contribution < 1.29 is 9.53 Å². The van der Waals surface area contributed by atoms with E-state index < -0.39 is 5.97 Å². The van der Waals surface area contributed by atoms with Crippen molar-refractivity contribution in [3.05, 3.63) is 41.3 Å². The molecule has 0 amide bonds. The Morgan fingerprint density at radius 3 is 3.05 bits per heavy atom. The van der Waals surface area contributed by atoms with Crippen molar-refractivity contribution in [3.8, 4) is 0 Å². The summed E-state index contributed by atoms with van der Waals surface area (Å²) in [7, 11) is 0. The SMILES string of the molecule is O=C(OCCn1cncn1)c1cnn2cc(Br)cnc12. The molecule has 0 unspecified atom stereocenters. The second kappa shape index (κ2) is 5.37. The maximum atomic E-state index is 12.0. The van der Waals surface area contributed by atoms with Crippen LogP contribution in [-0.4, -0.2) is 41.9 Å². The summed E-state index contributed by atoms with van der Waals surface area (Å²) in [6.45, 7) is 0.653.